The van der Waals surface area contributed by atoms with Gasteiger partial charge in [0.15, 0.2) is 0 Å². The third kappa shape index (κ3) is 2.45. The number of nitrogens with zero attached hydrogens (tertiary/aromatic N) is 2. The van der Waals surface area contributed by atoms with Gasteiger partial charge in [-0.05, 0) is 16.8 Å². The summed E-state index contributed by atoms with van der Waals surface area (Å²) in [6.45, 7) is 0.224. The molecule has 2 aromatic carbocycles. The first-order valence-electron chi connectivity index (χ1n) is 6.51. The number of imidazole rings is 1. The van der Waals surface area contributed by atoms with Gasteiger partial charge in [-0.25, -0.2) is 9.78 Å². The Bertz CT molecular complexity index is 808. The second kappa shape index (κ2) is 5.28. The molecule has 0 bridgehead atoms. The first-order valence-corrected chi connectivity index (χ1v) is 6.51. The molecule has 3 rings (SSSR count). The summed E-state index contributed by atoms with van der Waals surface area (Å²) in [5.74, 6) is 0.0883. The van der Waals surface area contributed by atoms with Crippen LogP contribution in [-0.4, -0.2) is 20.6 Å². The Balaban J connectivity index is 2.00. The smallest absolute Gasteiger partial charge is 0.340 e. The Hall–Kier alpha value is -2.82. The molecular formula is C16H14N2O3. The molecule has 21 heavy (non-hydrogen) atoms. The van der Waals surface area contributed by atoms with Gasteiger partial charge in [-0.2, -0.15) is 0 Å². The van der Waals surface area contributed by atoms with Crippen molar-refractivity contribution in [2.24, 2.45) is 7.05 Å². The van der Waals surface area contributed by atoms with E-state index in [1.165, 1.54) is 0 Å². The SMILES string of the molecule is Cn1ccnc1COc1ccc2ccccc2c1C(=O)O. The van der Waals surface area contributed by atoms with Gasteiger partial charge in [0.05, 0.1) is 0 Å². The van der Waals surface area contributed by atoms with Crippen molar-refractivity contribution < 1.29 is 14.6 Å². The van der Waals surface area contributed by atoms with Gasteiger partial charge in [0.1, 0.15) is 23.7 Å². The molecule has 0 aliphatic carbocycles. The van der Waals surface area contributed by atoms with Gasteiger partial charge in [0.2, 0.25) is 0 Å². The maximum atomic E-state index is 11.6. The number of rotatable bonds is 4. The van der Waals surface area contributed by atoms with Crippen molar-refractivity contribution in [2.45, 2.75) is 6.61 Å². The third-order valence-electron chi connectivity index (χ3n) is 3.38. The largest absolute Gasteiger partial charge is 0.485 e. The maximum absolute atomic E-state index is 11.6. The van der Waals surface area contributed by atoms with Crippen LogP contribution < -0.4 is 4.74 Å². The van der Waals surface area contributed by atoms with E-state index in [1.807, 2.05) is 42.1 Å². The van der Waals surface area contributed by atoms with E-state index in [-0.39, 0.29) is 12.2 Å². The van der Waals surface area contributed by atoms with Crippen LogP contribution in [0.15, 0.2) is 48.8 Å². The summed E-state index contributed by atoms with van der Waals surface area (Å²) < 4.78 is 7.50. The van der Waals surface area contributed by atoms with E-state index in [9.17, 15) is 9.90 Å². The molecule has 1 aromatic heterocycles. The molecule has 0 aliphatic heterocycles. The predicted molar refractivity (Wildman–Crippen MR) is 78.4 cm³/mol. The topological polar surface area (TPSA) is 64.4 Å². The van der Waals surface area contributed by atoms with Crippen molar-refractivity contribution in [3.05, 3.63) is 60.2 Å². The van der Waals surface area contributed by atoms with Gasteiger partial charge >= 0.3 is 5.97 Å². The predicted octanol–water partition coefficient (Wildman–Crippen LogP) is 2.85. The minimum atomic E-state index is -0.998. The minimum Gasteiger partial charge on any atom is -0.485 e. The summed E-state index contributed by atoms with van der Waals surface area (Å²) in [6, 6.07) is 10.9. The van der Waals surface area contributed by atoms with E-state index in [0.29, 0.717) is 11.1 Å². The number of carboxylic acids is 1. The van der Waals surface area contributed by atoms with E-state index < -0.39 is 5.97 Å². The number of hydrogen-bond acceptors (Lipinski definition) is 3. The molecule has 0 unspecified atom stereocenters. The molecule has 0 atom stereocenters. The van der Waals surface area contributed by atoms with Gasteiger partial charge in [-0.15, -0.1) is 0 Å². The van der Waals surface area contributed by atoms with Crippen molar-refractivity contribution in [1.82, 2.24) is 9.55 Å². The first-order chi connectivity index (χ1) is 10.2. The lowest BCUT2D eigenvalue weighted by atomic mass is 10.0. The Kier molecular flexibility index (Phi) is 3.31. The Morgan fingerprint density at radius 2 is 2.10 bits per heavy atom. The zero-order valence-corrected chi connectivity index (χ0v) is 11.5. The number of ether oxygens (including phenoxy) is 1. The molecule has 1 N–H and O–H groups in total. The van der Waals surface area contributed by atoms with Gasteiger partial charge in [0, 0.05) is 19.4 Å². The maximum Gasteiger partial charge on any atom is 0.340 e. The molecule has 5 heteroatoms. The Morgan fingerprint density at radius 3 is 2.81 bits per heavy atom. The fourth-order valence-electron chi connectivity index (χ4n) is 2.27. The standard InChI is InChI=1S/C16H14N2O3/c1-18-9-8-17-14(18)10-21-13-7-6-11-4-2-3-5-12(11)15(13)16(19)20/h2-9H,10H2,1H3,(H,19,20). The lowest BCUT2D eigenvalue weighted by Crippen LogP contribution is -2.07. The molecular weight excluding hydrogens is 268 g/mol. The highest BCUT2D eigenvalue weighted by Crippen LogP contribution is 2.28. The van der Waals surface area contributed by atoms with Crippen LogP contribution in [0, 0.1) is 0 Å². The number of carbonyl (C=O) groups is 1. The average molecular weight is 282 g/mol. The van der Waals surface area contributed by atoms with Crippen molar-refractivity contribution in [1.29, 1.82) is 0 Å². The number of aromatic carboxylic acids is 1. The van der Waals surface area contributed by atoms with Crippen LogP contribution in [0.4, 0.5) is 0 Å². The van der Waals surface area contributed by atoms with Crippen LogP contribution in [0.2, 0.25) is 0 Å². The molecule has 0 saturated carbocycles. The molecule has 5 nitrogen and oxygen atoms in total. The normalized spacial score (nSPS) is 10.7. The van der Waals surface area contributed by atoms with Crippen LogP contribution in [-0.2, 0) is 13.7 Å². The molecule has 0 spiro atoms. The summed E-state index contributed by atoms with van der Waals surface area (Å²) in [5, 5.41) is 11.0. The summed E-state index contributed by atoms with van der Waals surface area (Å²) in [4.78, 5) is 15.7. The zero-order valence-electron chi connectivity index (χ0n) is 11.5. The summed E-state index contributed by atoms with van der Waals surface area (Å²) >= 11 is 0. The second-order valence-corrected chi connectivity index (χ2v) is 4.71. The quantitative estimate of drug-likeness (QED) is 0.799. The highest BCUT2D eigenvalue weighted by molar-refractivity contribution is 6.06. The number of benzene rings is 2. The first kappa shape index (κ1) is 13.2. The summed E-state index contributed by atoms with van der Waals surface area (Å²) in [5.41, 5.74) is 0.183. The van der Waals surface area contributed by atoms with Gasteiger partial charge in [-0.3, -0.25) is 0 Å². The molecule has 0 amide bonds. The highest BCUT2D eigenvalue weighted by atomic mass is 16.5. The fraction of sp³-hybridized carbons (Fsp3) is 0.125. The molecule has 1 heterocycles. The molecule has 0 aliphatic rings. The lowest BCUT2D eigenvalue weighted by Gasteiger charge is -2.11. The molecule has 106 valence electrons. The van der Waals surface area contributed by atoms with Gasteiger partial charge < -0.3 is 14.4 Å². The molecule has 0 fully saturated rings. The molecule has 3 aromatic rings. The number of aryl methyl sites for hydroxylation is 1. The zero-order chi connectivity index (χ0) is 14.8. The summed E-state index contributed by atoms with van der Waals surface area (Å²) in [6.07, 6.45) is 3.49. The lowest BCUT2D eigenvalue weighted by molar-refractivity contribution is 0.0694. The highest BCUT2D eigenvalue weighted by Gasteiger charge is 2.16. The summed E-state index contributed by atoms with van der Waals surface area (Å²) in [7, 11) is 1.87. The van der Waals surface area contributed by atoms with E-state index in [4.69, 9.17) is 4.74 Å². The van der Waals surface area contributed by atoms with E-state index in [2.05, 4.69) is 4.98 Å². The van der Waals surface area contributed by atoms with Crippen LogP contribution in [0.25, 0.3) is 10.8 Å². The minimum absolute atomic E-state index is 0.183. The van der Waals surface area contributed by atoms with Crippen molar-refractivity contribution in [2.75, 3.05) is 0 Å². The second-order valence-electron chi connectivity index (χ2n) is 4.71. The van der Waals surface area contributed by atoms with Crippen LogP contribution in [0.3, 0.4) is 0 Å². The Morgan fingerprint density at radius 1 is 1.29 bits per heavy atom. The molecule has 0 saturated heterocycles. The number of carboxylic acid groups (broad SMARTS) is 1. The van der Waals surface area contributed by atoms with Gasteiger partial charge in [0.25, 0.3) is 0 Å². The van der Waals surface area contributed by atoms with E-state index >= 15 is 0 Å². The van der Waals surface area contributed by atoms with E-state index in [0.717, 1.165) is 11.2 Å². The fourth-order valence-corrected chi connectivity index (χ4v) is 2.27. The van der Waals surface area contributed by atoms with Crippen molar-refractivity contribution in [3.63, 3.8) is 0 Å². The monoisotopic (exact) mass is 282 g/mol. The number of fused-ring (bicyclic) bond motifs is 1. The van der Waals surface area contributed by atoms with Gasteiger partial charge in [-0.1, -0.05) is 30.3 Å². The van der Waals surface area contributed by atoms with Crippen LogP contribution >= 0.6 is 0 Å². The Labute approximate surface area is 121 Å². The third-order valence-corrected chi connectivity index (χ3v) is 3.38. The van der Waals surface area contributed by atoms with Crippen molar-refractivity contribution in [3.8, 4) is 5.75 Å². The molecule has 0 radical (unpaired) electrons. The van der Waals surface area contributed by atoms with E-state index in [1.54, 1.807) is 18.3 Å². The van der Waals surface area contributed by atoms with Crippen molar-refractivity contribution >= 4 is 16.7 Å². The average Bonchev–Trinajstić information content (AvgIpc) is 2.89. The van der Waals surface area contributed by atoms with Crippen LogP contribution in [0.1, 0.15) is 16.2 Å². The number of aromatic nitrogens is 2. The van der Waals surface area contributed by atoms with Crippen LogP contribution in [0.5, 0.6) is 5.75 Å². The number of hydrogen-bond donors (Lipinski definition) is 1.